The van der Waals surface area contributed by atoms with Crippen molar-refractivity contribution in [2.45, 2.75) is 30.9 Å². The Morgan fingerprint density at radius 3 is 2.54 bits per heavy atom. The van der Waals surface area contributed by atoms with Gasteiger partial charge in [-0.25, -0.2) is 13.4 Å². The molecule has 0 spiro atoms. The van der Waals surface area contributed by atoms with Crippen LogP contribution >= 0.6 is 22.7 Å². The summed E-state index contributed by atoms with van der Waals surface area (Å²) in [7, 11) is -3.47. The minimum Gasteiger partial charge on any atom is -0.302 e. The summed E-state index contributed by atoms with van der Waals surface area (Å²) in [6.07, 6.45) is 0.917. The summed E-state index contributed by atoms with van der Waals surface area (Å²) in [5.74, 6) is -0.524. The Morgan fingerprint density at radius 2 is 2.00 bits per heavy atom. The number of carbonyl (C=O) groups is 2. The first-order chi connectivity index (χ1) is 12.3. The van der Waals surface area contributed by atoms with Gasteiger partial charge in [0.25, 0.3) is 10.0 Å². The van der Waals surface area contributed by atoms with Gasteiger partial charge in [-0.2, -0.15) is 4.31 Å². The third-order valence-electron chi connectivity index (χ3n) is 4.26. The van der Waals surface area contributed by atoms with E-state index in [0.717, 1.165) is 0 Å². The van der Waals surface area contributed by atoms with Crippen molar-refractivity contribution in [3.63, 3.8) is 0 Å². The topological polar surface area (TPSA) is 96.4 Å². The number of sulfonamides is 1. The fourth-order valence-electron chi connectivity index (χ4n) is 2.88. The molecule has 0 aliphatic carbocycles. The fraction of sp³-hybridized carbons (Fsp3) is 0.438. The van der Waals surface area contributed by atoms with Crippen molar-refractivity contribution in [3.05, 3.63) is 28.1 Å². The maximum atomic E-state index is 12.5. The van der Waals surface area contributed by atoms with E-state index in [1.54, 1.807) is 24.4 Å². The number of anilines is 1. The second-order valence-corrected chi connectivity index (χ2v) is 10.2. The van der Waals surface area contributed by atoms with Crippen molar-refractivity contribution in [1.82, 2.24) is 9.29 Å². The smallest absolute Gasteiger partial charge is 0.252 e. The van der Waals surface area contributed by atoms with Crippen molar-refractivity contribution in [2.24, 2.45) is 5.92 Å². The molecule has 1 aliphatic heterocycles. The maximum Gasteiger partial charge on any atom is 0.252 e. The van der Waals surface area contributed by atoms with Crippen molar-refractivity contribution < 1.29 is 18.0 Å². The number of hydrogen-bond acceptors (Lipinski definition) is 7. The average Bonchev–Trinajstić information content (AvgIpc) is 3.25. The van der Waals surface area contributed by atoms with Gasteiger partial charge in [-0.1, -0.05) is 17.4 Å². The third-order valence-corrected chi connectivity index (χ3v) is 8.71. The van der Waals surface area contributed by atoms with Crippen LogP contribution in [0.4, 0.5) is 5.13 Å². The molecular weight excluding hydrogens is 394 g/mol. The number of aromatic nitrogens is 1. The van der Waals surface area contributed by atoms with Crippen LogP contribution in [-0.4, -0.2) is 42.5 Å². The molecule has 3 heterocycles. The number of thiophene rings is 1. The van der Waals surface area contributed by atoms with Gasteiger partial charge in [0.15, 0.2) is 10.9 Å². The van der Waals surface area contributed by atoms with E-state index < -0.39 is 10.0 Å². The molecule has 3 rings (SSSR count). The number of aryl methyl sites for hydroxylation is 1. The monoisotopic (exact) mass is 413 g/mol. The van der Waals surface area contributed by atoms with Crippen LogP contribution in [0.15, 0.2) is 21.7 Å². The van der Waals surface area contributed by atoms with Gasteiger partial charge in [0.2, 0.25) is 5.91 Å². The minimum absolute atomic E-state index is 0.0763. The zero-order valence-corrected chi connectivity index (χ0v) is 16.8. The number of amides is 1. The molecule has 7 nitrogen and oxygen atoms in total. The lowest BCUT2D eigenvalue weighted by molar-refractivity contribution is -0.120. The van der Waals surface area contributed by atoms with Gasteiger partial charge in [0.05, 0.1) is 10.6 Å². The second-order valence-electron chi connectivity index (χ2n) is 6.09. The molecule has 1 N–H and O–H groups in total. The predicted molar refractivity (Wildman–Crippen MR) is 101 cm³/mol. The summed E-state index contributed by atoms with van der Waals surface area (Å²) in [5.41, 5.74) is 0.606. The number of nitrogens with one attached hydrogen (secondary N) is 1. The Morgan fingerprint density at radius 1 is 1.31 bits per heavy atom. The first kappa shape index (κ1) is 19.2. The largest absolute Gasteiger partial charge is 0.302 e. The van der Waals surface area contributed by atoms with Gasteiger partial charge in [-0.15, -0.1) is 11.3 Å². The molecule has 1 amide bonds. The van der Waals surface area contributed by atoms with Crippen molar-refractivity contribution in [2.75, 3.05) is 18.4 Å². The molecule has 0 saturated carbocycles. The molecule has 1 aliphatic rings. The summed E-state index contributed by atoms with van der Waals surface area (Å²) in [6.45, 7) is 3.83. The first-order valence-corrected chi connectivity index (χ1v) is 11.3. The molecule has 2 aromatic heterocycles. The van der Waals surface area contributed by atoms with Crippen LogP contribution in [0.3, 0.4) is 0 Å². The summed E-state index contributed by atoms with van der Waals surface area (Å²) in [6, 6.07) is 3.30. The molecular formula is C16H19N3O4S3. The molecule has 140 valence electrons. The summed E-state index contributed by atoms with van der Waals surface area (Å²) >= 11 is 2.36. The lowest BCUT2D eigenvalue weighted by atomic mass is 9.97. The SMILES string of the molecule is CC(=O)c1sc(NC(=O)C2CCN(S(=O)(=O)c3cccs3)CC2)nc1C. The second kappa shape index (κ2) is 7.55. The molecule has 0 unspecified atom stereocenters. The molecule has 1 saturated heterocycles. The van der Waals surface area contributed by atoms with Crippen LogP contribution in [0.1, 0.15) is 35.1 Å². The number of ketones is 1. The Labute approximate surface area is 160 Å². The molecule has 10 heteroatoms. The third kappa shape index (κ3) is 3.88. The van der Waals surface area contributed by atoms with Gasteiger partial charge in [-0.05, 0) is 31.2 Å². The van der Waals surface area contributed by atoms with E-state index in [1.807, 2.05) is 0 Å². The van der Waals surface area contributed by atoms with Crippen LogP contribution in [0.5, 0.6) is 0 Å². The van der Waals surface area contributed by atoms with Crippen LogP contribution in [0.2, 0.25) is 0 Å². The molecule has 0 bridgehead atoms. The van der Waals surface area contributed by atoms with E-state index in [-0.39, 0.29) is 17.6 Å². The number of hydrogen-bond donors (Lipinski definition) is 1. The zero-order valence-electron chi connectivity index (χ0n) is 14.4. The fourth-order valence-corrected chi connectivity index (χ4v) is 6.36. The molecule has 0 radical (unpaired) electrons. The highest BCUT2D eigenvalue weighted by atomic mass is 32.2. The predicted octanol–water partition coefficient (Wildman–Crippen LogP) is 2.76. The Kier molecular flexibility index (Phi) is 5.56. The standard InChI is InChI=1S/C16H19N3O4S3/c1-10-14(11(2)20)25-16(17-10)18-15(21)12-5-7-19(8-6-12)26(22,23)13-4-3-9-24-13/h3-4,9,12H,5-8H2,1-2H3,(H,17,18,21). The highest BCUT2D eigenvalue weighted by Crippen LogP contribution is 2.28. The number of rotatable bonds is 5. The van der Waals surface area contributed by atoms with E-state index in [2.05, 4.69) is 10.3 Å². The lowest BCUT2D eigenvalue weighted by Crippen LogP contribution is -2.41. The number of piperidine rings is 1. The highest BCUT2D eigenvalue weighted by molar-refractivity contribution is 7.91. The minimum atomic E-state index is -3.47. The number of nitrogens with zero attached hydrogens (tertiary/aromatic N) is 2. The van der Waals surface area contributed by atoms with Crippen LogP contribution in [0, 0.1) is 12.8 Å². The molecule has 1 fully saturated rings. The van der Waals surface area contributed by atoms with Gasteiger partial charge < -0.3 is 5.32 Å². The Hall–Kier alpha value is -1.62. The number of thiazole rings is 1. The van der Waals surface area contributed by atoms with Gasteiger partial charge >= 0.3 is 0 Å². The maximum absolute atomic E-state index is 12.5. The molecule has 0 aromatic carbocycles. The first-order valence-electron chi connectivity index (χ1n) is 8.12. The Balaban J connectivity index is 1.60. The summed E-state index contributed by atoms with van der Waals surface area (Å²) in [5, 5.41) is 4.90. The van der Waals surface area contributed by atoms with E-state index in [0.29, 0.717) is 45.8 Å². The average molecular weight is 414 g/mol. The van der Waals surface area contributed by atoms with E-state index >= 15 is 0 Å². The highest BCUT2D eigenvalue weighted by Gasteiger charge is 2.32. The van der Waals surface area contributed by atoms with E-state index in [4.69, 9.17) is 0 Å². The zero-order chi connectivity index (χ0) is 18.9. The Bertz CT molecular complexity index is 911. The quantitative estimate of drug-likeness (QED) is 0.760. The lowest BCUT2D eigenvalue weighted by Gasteiger charge is -2.29. The van der Waals surface area contributed by atoms with E-state index in [9.17, 15) is 18.0 Å². The molecule has 2 aromatic rings. The van der Waals surface area contributed by atoms with Crippen molar-refractivity contribution in [3.8, 4) is 0 Å². The van der Waals surface area contributed by atoms with Crippen molar-refractivity contribution in [1.29, 1.82) is 0 Å². The van der Waals surface area contributed by atoms with Crippen LogP contribution in [-0.2, 0) is 14.8 Å². The van der Waals surface area contributed by atoms with E-state index in [1.165, 1.54) is 33.9 Å². The van der Waals surface area contributed by atoms with Gasteiger partial charge in [0.1, 0.15) is 4.21 Å². The number of carbonyl (C=O) groups excluding carboxylic acids is 2. The normalized spacial score (nSPS) is 16.5. The van der Waals surface area contributed by atoms with Gasteiger partial charge in [-0.3, -0.25) is 9.59 Å². The summed E-state index contributed by atoms with van der Waals surface area (Å²) in [4.78, 5) is 28.7. The van der Waals surface area contributed by atoms with Crippen molar-refractivity contribution >= 4 is 49.5 Å². The van der Waals surface area contributed by atoms with Crippen LogP contribution < -0.4 is 5.32 Å². The molecule has 26 heavy (non-hydrogen) atoms. The summed E-state index contributed by atoms with van der Waals surface area (Å²) < 4.78 is 26.8. The molecule has 0 atom stereocenters. The van der Waals surface area contributed by atoms with Crippen LogP contribution in [0.25, 0.3) is 0 Å². The van der Waals surface area contributed by atoms with Gasteiger partial charge in [0, 0.05) is 25.9 Å². The number of Topliss-reactive ketones (excluding diaryl/α,β-unsaturated/α-hetero) is 1.